The van der Waals surface area contributed by atoms with Crippen LogP contribution in [0, 0.1) is 0 Å². The molecule has 0 saturated carbocycles. The molecule has 0 aliphatic rings. The topological polar surface area (TPSA) is 17.1 Å². The maximum atomic E-state index is 10.3. The van der Waals surface area contributed by atoms with Gasteiger partial charge in [-0.25, -0.2) is 0 Å². The Labute approximate surface area is 54.8 Å². The number of carbonyl (C=O) groups excluding carboxylic acids is 1. The number of carbonyl (C=O) groups is 1. The second kappa shape index (κ2) is 5.16. The summed E-state index contributed by atoms with van der Waals surface area (Å²) < 4.78 is 0. The molecule has 0 atom stereocenters. The summed E-state index contributed by atoms with van der Waals surface area (Å²) in [7, 11) is 0. The predicted octanol–water partition coefficient (Wildman–Crippen LogP) is 1.72. The van der Waals surface area contributed by atoms with Gasteiger partial charge in [-0.05, 0) is 12.7 Å². The predicted molar refractivity (Wildman–Crippen MR) is 38.3 cm³/mol. The van der Waals surface area contributed by atoms with Crippen molar-refractivity contribution < 1.29 is 4.79 Å². The molecule has 0 fully saturated rings. The summed E-state index contributed by atoms with van der Waals surface area (Å²) in [6, 6.07) is 0. The van der Waals surface area contributed by atoms with Crippen LogP contribution in [0.4, 0.5) is 0 Å². The van der Waals surface area contributed by atoms with Crippen molar-refractivity contribution in [2.24, 2.45) is 0 Å². The maximum absolute atomic E-state index is 10.3. The maximum Gasteiger partial charge on any atom is 0.130 e. The zero-order chi connectivity index (χ0) is 6.41. The molecule has 0 saturated heterocycles. The van der Waals surface area contributed by atoms with Crippen molar-refractivity contribution in [3.05, 3.63) is 0 Å². The van der Waals surface area contributed by atoms with Gasteiger partial charge in [-0.3, -0.25) is 4.79 Å². The lowest BCUT2D eigenvalue weighted by atomic mass is 10.4. The minimum Gasteiger partial charge on any atom is -0.300 e. The van der Waals surface area contributed by atoms with Crippen molar-refractivity contribution in [2.75, 3.05) is 11.5 Å². The van der Waals surface area contributed by atoms with E-state index < -0.39 is 0 Å². The summed E-state index contributed by atoms with van der Waals surface area (Å²) in [5, 5.41) is 0. The molecular formula is C6H12OS. The number of hydrogen-bond donors (Lipinski definition) is 0. The van der Waals surface area contributed by atoms with E-state index in [-0.39, 0.29) is 0 Å². The van der Waals surface area contributed by atoms with Gasteiger partial charge in [0.15, 0.2) is 0 Å². The zero-order valence-electron chi connectivity index (χ0n) is 5.44. The van der Waals surface area contributed by atoms with E-state index in [0.29, 0.717) is 5.78 Å². The minimum absolute atomic E-state index is 0.297. The molecule has 0 bridgehead atoms. The lowest BCUT2D eigenvalue weighted by molar-refractivity contribution is -0.116. The largest absolute Gasteiger partial charge is 0.300 e. The zero-order valence-corrected chi connectivity index (χ0v) is 6.25. The van der Waals surface area contributed by atoms with Crippen LogP contribution in [0.1, 0.15) is 20.3 Å². The third-order valence-corrected chi connectivity index (χ3v) is 1.70. The Morgan fingerprint density at radius 3 is 2.62 bits per heavy atom. The molecule has 0 aromatic heterocycles. The Morgan fingerprint density at radius 1 is 1.62 bits per heavy atom. The molecule has 1 nitrogen and oxygen atoms in total. The van der Waals surface area contributed by atoms with Crippen LogP contribution in [0.15, 0.2) is 0 Å². The Hall–Kier alpha value is 0.0200. The van der Waals surface area contributed by atoms with Gasteiger partial charge in [0.1, 0.15) is 5.78 Å². The number of thioether (sulfide) groups is 1. The molecule has 0 heterocycles. The molecule has 0 radical (unpaired) electrons. The first-order valence-corrected chi connectivity index (χ1v) is 4.00. The van der Waals surface area contributed by atoms with Crippen LogP contribution in [0.2, 0.25) is 0 Å². The number of hydrogen-bond acceptors (Lipinski definition) is 2. The van der Waals surface area contributed by atoms with E-state index in [2.05, 4.69) is 6.92 Å². The summed E-state index contributed by atoms with van der Waals surface area (Å²) in [6.07, 6.45) is 0.735. The average Bonchev–Trinajstić information content (AvgIpc) is 1.66. The fourth-order valence-corrected chi connectivity index (χ4v) is 1.08. The van der Waals surface area contributed by atoms with Gasteiger partial charge in [0.2, 0.25) is 0 Å². The molecule has 2 heteroatoms. The molecule has 0 amide bonds. The minimum atomic E-state index is 0.297. The van der Waals surface area contributed by atoms with Crippen molar-refractivity contribution in [1.82, 2.24) is 0 Å². The molecule has 0 aromatic rings. The van der Waals surface area contributed by atoms with E-state index in [1.807, 2.05) is 11.8 Å². The van der Waals surface area contributed by atoms with Gasteiger partial charge in [0, 0.05) is 12.2 Å². The van der Waals surface area contributed by atoms with Gasteiger partial charge in [0.05, 0.1) is 0 Å². The molecule has 0 aliphatic carbocycles. The molecular weight excluding hydrogens is 120 g/mol. The normalized spacial score (nSPS) is 9.25. The molecule has 0 unspecified atom stereocenters. The average molecular weight is 132 g/mol. The van der Waals surface area contributed by atoms with Crippen molar-refractivity contribution in [3.63, 3.8) is 0 Å². The van der Waals surface area contributed by atoms with Gasteiger partial charge < -0.3 is 0 Å². The van der Waals surface area contributed by atoms with E-state index in [4.69, 9.17) is 0 Å². The van der Waals surface area contributed by atoms with Crippen molar-refractivity contribution in [2.45, 2.75) is 20.3 Å². The van der Waals surface area contributed by atoms with Crippen LogP contribution in [0.25, 0.3) is 0 Å². The van der Waals surface area contributed by atoms with Crippen LogP contribution in [0.5, 0.6) is 0 Å². The van der Waals surface area contributed by atoms with Gasteiger partial charge in [-0.2, -0.15) is 11.8 Å². The summed E-state index contributed by atoms with van der Waals surface area (Å²) >= 11 is 1.82. The van der Waals surface area contributed by atoms with Gasteiger partial charge in [0.25, 0.3) is 0 Å². The second-order valence-corrected chi connectivity index (χ2v) is 3.04. The second-order valence-electron chi connectivity index (χ2n) is 1.65. The van der Waals surface area contributed by atoms with Crippen molar-refractivity contribution >= 4 is 17.5 Å². The molecule has 0 aromatic carbocycles. The monoisotopic (exact) mass is 132 g/mol. The fourth-order valence-electron chi connectivity index (χ4n) is 0.360. The van der Waals surface area contributed by atoms with Gasteiger partial charge in [-0.1, -0.05) is 6.92 Å². The summed E-state index contributed by atoms with van der Waals surface area (Å²) in [5.41, 5.74) is 0. The highest BCUT2D eigenvalue weighted by atomic mass is 32.2. The van der Waals surface area contributed by atoms with Crippen LogP contribution in [0.3, 0.4) is 0 Å². The molecule has 0 aliphatic heterocycles. The smallest absolute Gasteiger partial charge is 0.130 e. The Kier molecular flexibility index (Phi) is 5.18. The summed E-state index contributed by atoms with van der Waals surface area (Å²) in [6.45, 7) is 3.74. The first-order chi connectivity index (χ1) is 3.77. The van der Waals surface area contributed by atoms with E-state index in [9.17, 15) is 4.79 Å². The summed E-state index contributed by atoms with van der Waals surface area (Å²) in [4.78, 5) is 10.3. The van der Waals surface area contributed by atoms with E-state index in [0.717, 1.165) is 17.9 Å². The molecule has 8 heavy (non-hydrogen) atoms. The van der Waals surface area contributed by atoms with E-state index >= 15 is 0 Å². The molecule has 0 rings (SSSR count). The summed E-state index contributed by atoms with van der Waals surface area (Å²) in [5.74, 6) is 2.41. The van der Waals surface area contributed by atoms with Crippen molar-refractivity contribution in [1.29, 1.82) is 0 Å². The SMILES string of the molecule is CCSCCC(C)=O. The van der Waals surface area contributed by atoms with Crippen LogP contribution < -0.4 is 0 Å². The third kappa shape index (κ3) is 6.02. The Morgan fingerprint density at radius 2 is 2.25 bits per heavy atom. The highest BCUT2D eigenvalue weighted by molar-refractivity contribution is 7.99. The first-order valence-electron chi connectivity index (χ1n) is 2.84. The highest BCUT2D eigenvalue weighted by Gasteiger charge is 1.89. The number of rotatable bonds is 4. The fraction of sp³-hybridized carbons (Fsp3) is 0.833. The van der Waals surface area contributed by atoms with E-state index in [1.54, 1.807) is 6.92 Å². The third-order valence-electron chi connectivity index (χ3n) is 0.803. The van der Waals surface area contributed by atoms with Crippen LogP contribution in [-0.4, -0.2) is 17.3 Å². The van der Waals surface area contributed by atoms with Crippen molar-refractivity contribution in [3.8, 4) is 0 Å². The number of Topliss-reactive ketones (excluding diaryl/α,β-unsaturated/α-hetero) is 1. The first kappa shape index (κ1) is 8.02. The van der Waals surface area contributed by atoms with Crippen LogP contribution >= 0.6 is 11.8 Å². The molecule has 48 valence electrons. The number of ketones is 1. The lowest BCUT2D eigenvalue weighted by Gasteiger charge is -1.91. The van der Waals surface area contributed by atoms with Crippen LogP contribution in [-0.2, 0) is 4.79 Å². The van der Waals surface area contributed by atoms with E-state index in [1.165, 1.54) is 0 Å². The standard InChI is InChI=1S/C6H12OS/c1-3-8-5-4-6(2)7/h3-5H2,1-2H3. The van der Waals surface area contributed by atoms with Gasteiger partial charge in [-0.15, -0.1) is 0 Å². The highest BCUT2D eigenvalue weighted by Crippen LogP contribution is 2.00. The quantitative estimate of drug-likeness (QED) is 0.542. The van der Waals surface area contributed by atoms with Gasteiger partial charge >= 0.3 is 0 Å². The molecule has 0 N–H and O–H groups in total. The Balaban J connectivity index is 2.82. The Bertz CT molecular complexity index is 70.9. The molecule has 0 spiro atoms. The lowest BCUT2D eigenvalue weighted by Crippen LogP contribution is -1.91.